The van der Waals surface area contributed by atoms with Gasteiger partial charge in [0.25, 0.3) is 5.92 Å². The lowest BCUT2D eigenvalue weighted by molar-refractivity contribution is -0.129. The Hall–Kier alpha value is -2.50. The molecule has 11 heteroatoms. The molecule has 0 atom stereocenters. The summed E-state index contributed by atoms with van der Waals surface area (Å²) in [6.45, 7) is 0.230. The maximum atomic E-state index is 14.6. The molecule has 1 saturated heterocycles. The number of nitrogens with one attached hydrogen (secondary N) is 1. The topological polar surface area (TPSA) is 62.3 Å². The van der Waals surface area contributed by atoms with Crippen LogP contribution in [0.4, 0.5) is 23.2 Å². The van der Waals surface area contributed by atoms with Crippen LogP contribution in [0.2, 0.25) is 0 Å². The Morgan fingerprint density at radius 1 is 1.09 bits per heavy atom. The SMILES string of the molecule is O=S(=O)(Cc1cnsc1)c1c(F)cc(NCc2ccccc2CCN2CC(F)(F)C2)cc1F. The zero-order valence-electron chi connectivity index (χ0n) is 17.4. The van der Waals surface area contributed by atoms with E-state index in [1.54, 1.807) is 4.90 Å². The number of anilines is 1. The second-order valence-corrected chi connectivity index (χ2v) is 10.6. The molecule has 1 aliphatic rings. The average molecular weight is 500 g/mol. The molecule has 33 heavy (non-hydrogen) atoms. The first-order valence-corrected chi connectivity index (χ1v) is 12.6. The molecule has 0 aliphatic carbocycles. The number of hydrogen-bond acceptors (Lipinski definition) is 6. The monoisotopic (exact) mass is 499 g/mol. The van der Waals surface area contributed by atoms with Crippen LogP contribution >= 0.6 is 11.5 Å². The Morgan fingerprint density at radius 3 is 2.36 bits per heavy atom. The van der Waals surface area contributed by atoms with Crippen LogP contribution in [0.1, 0.15) is 16.7 Å². The van der Waals surface area contributed by atoms with Gasteiger partial charge in [-0.15, -0.1) is 0 Å². The highest BCUT2D eigenvalue weighted by molar-refractivity contribution is 7.90. The second kappa shape index (κ2) is 9.40. The molecule has 0 radical (unpaired) electrons. The maximum absolute atomic E-state index is 14.6. The summed E-state index contributed by atoms with van der Waals surface area (Å²) in [6.07, 6.45) is 1.91. The van der Waals surface area contributed by atoms with Crippen molar-refractivity contribution in [3.05, 3.63) is 76.3 Å². The molecule has 4 rings (SSSR count). The summed E-state index contributed by atoms with van der Waals surface area (Å²) in [5.41, 5.74) is 2.25. The van der Waals surface area contributed by atoms with Gasteiger partial charge in [0.1, 0.15) is 16.5 Å². The number of nitrogens with zero attached hydrogens (tertiary/aromatic N) is 2. The lowest BCUT2D eigenvalue weighted by Gasteiger charge is -2.38. The number of aromatic nitrogens is 1. The first-order chi connectivity index (χ1) is 15.6. The second-order valence-electron chi connectivity index (χ2n) is 8.00. The van der Waals surface area contributed by atoms with Crippen molar-refractivity contribution in [2.75, 3.05) is 25.0 Å². The predicted molar refractivity (Wildman–Crippen MR) is 118 cm³/mol. The molecule has 0 amide bonds. The minimum absolute atomic E-state index is 0.0957. The van der Waals surface area contributed by atoms with Gasteiger partial charge in [-0.3, -0.25) is 4.90 Å². The molecule has 2 heterocycles. The van der Waals surface area contributed by atoms with Crippen LogP contribution < -0.4 is 5.32 Å². The quantitative estimate of drug-likeness (QED) is 0.440. The molecule has 3 aromatic rings. The Labute approximate surface area is 193 Å². The van der Waals surface area contributed by atoms with Crippen LogP contribution in [-0.2, 0) is 28.6 Å². The minimum atomic E-state index is -4.23. The molecule has 176 valence electrons. The maximum Gasteiger partial charge on any atom is 0.272 e. The van der Waals surface area contributed by atoms with Crippen LogP contribution in [0.3, 0.4) is 0 Å². The van der Waals surface area contributed by atoms with Crippen molar-refractivity contribution in [1.82, 2.24) is 9.27 Å². The molecule has 0 saturated carbocycles. The number of alkyl halides is 2. The van der Waals surface area contributed by atoms with Gasteiger partial charge in [-0.1, -0.05) is 24.3 Å². The highest BCUT2D eigenvalue weighted by Crippen LogP contribution is 2.28. The van der Waals surface area contributed by atoms with E-state index in [4.69, 9.17) is 0 Å². The highest BCUT2D eigenvalue weighted by atomic mass is 32.2. The lowest BCUT2D eigenvalue weighted by atomic mass is 10.0. The fourth-order valence-electron chi connectivity index (χ4n) is 3.76. The normalized spacial score (nSPS) is 15.9. The predicted octanol–water partition coefficient (Wildman–Crippen LogP) is 4.50. The van der Waals surface area contributed by atoms with Gasteiger partial charge >= 0.3 is 0 Å². The van der Waals surface area contributed by atoms with Crippen molar-refractivity contribution in [2.45, 2.75) is 29.5 Å². The van der Waals surface area contributed by atoms with Crippen LogP contribution in [0.5, 0.6) is 0 Å². The molecule has 5 nitrogen and oxygen atoms in total. The van der Waals surface area contributed by atoms with Crippen LogP contribution in [0.15, 0.2) is 52.9 Å². The average Bonchev–Trinajstić information content (AvgIpc) is 3.21. The van der Waals surface area contributed by atoms with E-state index in [2.05, 4.69) is 9.69 Å². The van der Waals surface area contributed by atoms with E-state index < -0.39 is 38.0 Å². The third kappa shape index (κ3) is 5.71. The first kappa shape index (κ1) is 23.7. The molecule has 1 fully saturated rings. The van der Waals surface area contributed by atoms with Gasteiger partial charge < -0.3 is 5.32 Å². The summed E-state index contributed by atoms with van der Waals surface area (Å²) in [5.74, 6) is -5.50. The largest absolute Gasteiger partial charge is 0.381 e. The third-order valence-electron chi connectivity index (χ3n) is 5.36. The van der Waals surface area contributed by atoms with Crippen molar-refractivity contribution >= 4 is 27.1 Å². The molecule has 1 aromatic heterocycles. The number of rotatable bonds is 9. The Kier molecular flexibility index (Phi) is 6.73. The van der Waals surface area contributed by atoms with Gasteiger partial charge in [-0.05, 0) is 46.8 Å². The minimum Gasteiger partial charge on any atom is -0.381 e. The van der Waals surface area contributed by atoms with E-state index in [9.17, 15) is 26.0 Å². The van der Waals surface area contributed by atoms with Gasteiger partial charge in [0.2, 0.25) is 0 Å². The van der Waals surface area contributed by atoms with Crippen molar-refractivity contribution in [2.24, 2.45) is 0 Å². The van der Waals surface area contributed by atoms with Crippen LogP contribution in [0.25, 0.3) is 0 Å². The summed E-state index contributed by atoms with van der Waals surface area (Å²) in [6, 6.07) is 9.28. The number of halogens is 4. The Bertz CT molecular complexity index is 1200. The first-order valence-electron chi connectivity index (χ1n) is 10.1. The van der Waals surface area contributed by atoms with Crippen molar-refractivity contribution in [3.8, 4) is 0 Å². The van der Waals surface area contributed by atoms with Crippen LogP contribution in [-0.4, -0.2) is 43.2 Å². The summed E-state index contributed by atoms with van der Waals surface area (Å²) >= 11 is 1.05. The Morgan fingerprint density at radius 2 is 1.76 bits per heavy atom. The number of sulfone groups is 1. The van der Waals surface area contributed by atoms with Gasteiger partial charge in [0, 0.05) is 30.4 Å². The summed E-state index contributed by atoms with van der Waals surface area (Å²) in [5, 5.41) is 4.43. The molecule has 1 N–H and O–H groups in total. The standard InChI is InChI=1S/C22H21F4N3O2S2/c23-19-7-18(8-20(24)21(19)33(30,31)12-15-9-28-32-11-15)27-10-17-4-2-1-3-16(17)5-6-29-13-22(25,26)14-29/h1-4,7-9,11,27H,5-6,10,12-14H2. The van der Waals surface area contributed by atoms with E-state index in [-0.39, 0.29) is 25.3 Å². The zero-order valence-corrected chi connectivity index (χ0v) is 19.0. The fraction of sp³-hybridized carbons (Fsp3) is 0.318. The smallest absolute Gasteiger partial charge is 0.272 e. The van der Waals surface area contributed by atoms with E-state index in [1.807, 2.05) is 24.3 Å². The lowest BCUT2D eigenvalue weighted by Crippen LogP contribution is -2.56. The van der Waals surface area contributed by atoms with Crippen molar-refractivity contribution in [1.29, 1.82) is 0 Å². The number of benzene rings is 2. The molecule has 0 spiro atoms. The fourth-order valence-corrected chi connectivity index (χ4v) is 5.86. The number of hydrogen-bond donors (Lipinski definition) is 1. The third-order valence-corrected chi connectivity index (χ3v) is 7.72. The number of likely N-dealkylation sites (tertiary alicyclic amines) is 1. The molecule has 0 bridgehead atoms. The Balaban J connectivity index is 1.43. The van der Waals surface area contributed by atoms with Crippen molar-refractivity contribution < 1.29 is 26.0 Å². The summed E-state index contributed by atoms with van der Waals surface area (Å²) in [7, 11) is -4.23. The van der Waals surface area contributed by atoms with E-state index in [0.29, 0.717) is 18.5 Å². The van der Waals surface area contributed by atoms with Gasteiger partial charge in [-0.2, -0.15) is 0 Å². The van der Waals surface area contributed by atoms with E-state index in [0.717, 1.165) is 34.8 Å². The molecular weight excluding hydrogens is 478 g/mol. The zero-order chi connectivity index (χ0) is 23.6. The van der Waals surface area contributed by atoms with E-state index in [1.165, 1.54) is 11.6 Å². The molecule has 1 aliphatic heterocycles. The summed E-state index contributed by atoms with van der Waals surface area (Å²) in [4.78, 5) is 0.700. The van der Waals surface area contributed by atoms with Crippen LogP contribution in [0, 0.1) is 11.6 Å². The van der Waals surface area contributed by atoms with Crippen molar-refractivity contribution in [3.63, 3.8) is 0 Å². The van der Waals surface area contributed by atoms with Gasteiger partial charge in [-0.25, -0.2) is 30.4 Å². The highest BCUT2D eigenvalue weighted by Gasteiger charge is 2.43. The summed E-state index contributed by atoms with van der Waals surface area (Å²) < 4.78 is 84.1. The molecular formula is C22H21F4N3O2S2. The van der Waals surface area contributed by atoms with E-state index >= 15 is 0 Å². The molecule has 0 unspecified atom stereocenters. The molecule has 2 aromatic carbocycles. The van der Waals surface area contributed by atoms with Gasteiger partial charge in [0.15, 0.2) is 9.84 Å². The van der Waals surface area contributed by atoms with Gasteiger partial charge in [0.05, 0.1) is 18.8 Å².